The van der Waals surface area contributed by atoms with Crippen molar-refractivity contribution in [3.8, 4) is 0 Å². The third-order valence-corrected chi connectivity index (χ3v) is 4.78. The Bertz CT molecular complexity index is 706. The minimum Gasteiger partial charge on any atom is -0.338 e. The minimum atomic E-state index is -0.201. The lowest BCUT2D eigenvalue weighted by molar-refractivity contribution is 0.0788. The fourth-order valence-electron chi connectivity index (χ4n) is 2.75. The van der Waals surface area contributed by atoms with Gasteiger partial charge in [0.15, 0.2) is 0 Å². The van der Waals surface area contributed by atoms with E-state index >= 15 is 0 Å². The molecule has 0 aliphatic carbocycles. The van der Waals surface area contributed by atoms with Crippen LogP contribution in [-0.2, 0) is 0 Å². The van der Waals surface area contributed by atoms with Crippen LogP contribution in [0, 0.1) is 5.92 Å². The lowest BCUT2D eigenvalue weighted by Crippen LogP contribution is -2.30. The van der Waals surface area contributed by atoms with Gasteiger partial charge in [0.2, 0.25) is 0 Å². The molecule has 1 saturated heterocycles. The number of nitrogens with two attached hydrogens (primary N) is 1. The second-order valence-corrected chi connectivity index (χ2v) is 6.43. The highest BCUT2D eigenvalue weighted by atomic mass is 35.5. The van der Waals surface area contributed by atoms with E-state index in [2.05, 4.69) is 5.32 Å². The molecule has 0 spiro atoms. The Morgan fingerprint density at radius 1 is 1.29 bits per heavy atom. The fraction of sp³-hybridized carbons (Fsp3) is 0.294. The highest BCUT2D eigenvalue weighted by molar-refractivity contribution is 7.08. The zero-order valence-electron chi connectivity index (χ0n) is 13.1. The van der Waals surface area contributed by atoms with E-state index in [0.717, 1.165) is 6.42 Å². The number of benzene rings is 1. The summed E-state index contributed by atoms with van der Waals surface area (Å²) < 4.78 is 0. The van der Waals surface area contributed by atoms with Crippen molar-refractivity contribution in [2.45, 2.75) is 6.42 Å². The summed E-state index contributed by atoms with van der Waals surface area (Å²) in [6.45, 7) is 2.00. The van der Waals surface area contributed by atoms with Gasteiger partial charge in [-0.3, -0.25) is 9.59 Å². The molecule has 0 bridgehead atoms. The molecule has 2 aromatic rings. The molecule has 24 heavy (non-hydrogen) atoms. The predicted octanol–water partition coefficient (Wildman–Crippen LogP) is 2.84. The second-order valence-electron chi connectivity index (χ2n) is 5.65. The molecular formula is C17H20ClN3O2S. The molecular weight excluding hydrogens is 346 g/mol. The summed E-state index contributed by atoms with van der Waals surface area (Å²) in [7, 11) is 0. The largest absolute Gasteiger partial charge is 0.338 e. The van der Waals surface area contributed by atoms with Gasteiger partial charge in [-0.1, -0.05) is 12.1 Å². The summed E-state index contributed by atoms with van der Waals surface area (Å²) in [6, 6.07) is 8.89. The lowest BCUT2D eigenvalue weighted by atomic mass is 10.1. The number of nitrogens with one attached hydrogen (secondary N) is 1. The first-order valence-corrected chi connectivity index (χ1v) is 8.55. The van der Waals surface area contributed by atoms with E-state index in [9.17, 15) is 9.59 Å². The third kappa shape index (κ3) is 3.95. The monoisotopic (exact) mass is 365 g/mol. The van der Waals surface area contributed by atoms with Gasteiger partial charge in [-0.2, -0.15) is 11.3 Å². The fourth-order valence-corrected chi connectivity index (χ4v) is 3.38. The topological polar surface area (TPSA) is 75.4 Å². The molecule has 1 unspecified atom stereocenters. The molecule has 1 atom stereocenters. The van der Waals surface area contributed by atoms with Crippen molar-refractivity contribution in [1.82, 2.24) is 4.90 Å². The number of para-hydroxylation sites is 1. The predicted molar refractivity (Wildman–Crippen MR) is 99.0 cm³/mol. The van der Waals surface area contributed by atoms with Crippen LogP contribution in [0.2, 0.25) is 0 Å². The van der Waals surface area contributed by atoms with E-state index in [1.807, 2.05) is 22.4 Å². The summed E-state index contributed by atoms with van der Waals surface area (Å²) >= 11 is 1.46. The number of rotatable bonds is 4. The SMILES string of the molecule is Cl.NCC1CCN(C(=O)c2ccccc2NC(=O)c2ccsc2)C1. The molecule has 1 aliphatic heterocycles. The first-order valence-electron chi connectivity index (χ1n) is 7.61. The third-order valence-electron chi connectivity index (χ3n) is 4.10. The van der Waals surface area contributed by atoms with Gasteiger partial charge >= 0.3 is 0 Å². The molecule has 0 saturated carbocycles. The normalized spacial score (nSPS) is 16.5. The number of carbonyl (C=O) groups is 2. The van der Waals surface area contributed by atoms with E-state index in [4.69, 9.17) is 5.73 Å². The average molecular weight is 366 g/mol. The standard InChI is InChI=1S/C17H19N3O2S.ClH/c18-9-12-5-7-20(10-12)17(22)14-3-1-2-4-15(14)19-16(21)13-6-8-23-11-13;/h1-4,6,8,11-12H,5,7,9-10,18H2,(H,19,21);1H. The van der Waals surface area contributed by atoms with Crippen molar-refractivity contribution in [3.63, 3.8) is 0 Å². The molecule has 5 nitrogen and oxygen atoms in total. The second kappa shape index (κ2) is 8.28. The van der Waals surface area contributed by atoms with Gasteiger partial charge in [0.1, 0.15) is 0 Å². The van der Waals surface area contributed by atoms with Crippen molar-refractivity contribution in [1.29, 1.82) is 0 Å². The van der Waals surface area contributed by atoms with Crippen molar-refractivity contribution in [3.05, 3.63) is 52.2 Å². The Hall–Kier alpha value is -1.89. The number of likely N-dealkylation sites (tertiary alicyclic amines) is 1. The van der Waals surface area contributed by atoms with Gasteiger partial charge in [0.05, 0.1) is 16.8 Å². The van der Waals surface area contributed by atoms with Gasteiger partial charge in [0, 0.05) is 18.5 Å². The number of amides is 2. The summed E-state index contributed by atoms with van der Waals surface area (Å²) in [5.74, 6) is 0.112. The maximum absolute atomic E-state index is 12.7. The van der Waals surface area contributed by atoms with Crippen LogP contribution in [-0.4, -0.2) is 36.3 Å². The maximum Gasteiger partial charge on any atom is 0.256 e. The van der Waals surface area contributed by atoms with Gasteiger partial charge in [0.25, 0.3) is 11.8 Å². The summed E-state index contributed by atoms with van der Waals surface area (Å²) in [5.41, 5.74) is 7.36. The summed E-state index contributed by atoms with van der Waals surface area (Å²) in [6.07, 6.45) is 0.936. The van der Waals surface area contributed by atoms with E-state index in [1.54, 1.807) is 23.6 Å². The zero-order valence-corrected chi connectivity index (χ0v) is 14.7. The Morgan fingerprint density at radius 3 is 2.75 bits per heavy atom. The van der Waals surface area contributed by atoms with Gasteiger partial charge in [-0.05, 0) is 42.5 Å². The Balaban J connectivity index is 0.00000208. The molecule has 1 aromatic heterocycles. The molecule has 128 valence electrons. The highest BCUT2D eigenvalue weighted by Gasteiger charge is 2.27. The smallest absolute Gasteiger partial charge is 0.256 e. The molecule has 2 amide bonds. The average Bonchev–Trinajstić information content (AvgIpc) is 3.26. The van der Waals surface area contributed by atoms with Crippen LogP contribution in [0.1, 0.15) is 27.1 Å². The summed E-state index contributed by atoms with van der Waals surface area (Å²) in [5, 5.41) is 6.47. The Kier molecular flexibility index (Phi) is 6.36. The highest BCUT2D eigenvalue weighted by Crippen LogP contribution is 2.23. The molecule has 3 N–H and O–H groups in total. The molecule has 1 fully saturated rings. The zero-order chi connectivity index (χ0) is 16.2. The molecule has 1 aromatic carbocycles. The van der Waals surface area contributed by atoms with Crippen molar-refractivity contribution < 1.29 is 9.59 Å². The van der Waals surface area contributed by atoms with Crippen LogP contribution < -0.4 is 11.1 Å². The molecule has 2 heterocycles. The van der Waals surface area contributed by atoms with Crippen molar-refractivity contribution >= 4 is 41.2 Å². The van der Waals surface area contributed by atoms with E-state index in [0.29, 0.717) is 42.4 Å². The van der Waals surface area contributed by atoms with Crippen LogP contribution in [0.4, 0.5) is 5.69 Å². The quantitative estimate of drug-likeness (QED) is 0.874. The van der Waals surface area contributed by atoms with E-state index < -0.39 is 0 Å². The molecule has 7 heteroatoms. The Morgan fingerprint density at radius 2 is 2.08 bits per heavy atom. The van der Waals surface area contributed by atoms with Gasteiger partial charge < -0.3 is 16.0 Å². The van der Waals surface area contributed by atoms with Crippen LogP contribution in [0.15, 0.2) is 41.1 Å². The van der Waals surface area contributed by atoms with Crippen LogP contribution in [0.3, 0.4) is 0 Å². The molecule has 0 radical (unpaired) electrons. The number of hydrogen-bond acceptors (Lipinski definition) is 4. The lowest BCUT2D eigenvalue weighted by Gasteiger charge is -2.18. The van der Waals surface area contributed by atoms with Gasteiger partial charge in [-0.25, -0.2) is 0 Å². The first-order chi connectivity index (χ1) is 11.2. The molecule has 1 aliphatic rings. The number of anilines is 1. The number of hydrogen-bond donors (Lipinski definition) is 2. The number of nitrogens with zero attached hydrogens (tertiary/aromatic N) is 1. The van der Waals surface area contributed by atoms with E-state index in [-0.39, 0.29) is 24.2 Å². The Labute approximate surface area is 151 Å². The van der Waals surface area contributed by atoms with E-state index in [1.165, 1.54) is 11.3 Å². The molecule has 3 rings (SSSR count). The van der Waals surface area contributed by atoms with Crippen molar-refractivity contribution in [2.24, 2.45) is 11.7 Å². The summed E-state index contributed by atoms with van der Waals surface area (Å²) in [4.78, 5) is 26.8. The minimum absolute atomic E-state index is 0. The van der Waals surface area contributed by atoms with Crippen LogP contribution >= 0.6 is 23.7 Å². The number of thiophene rings is 1. The first kappa shape index (κ1) is 18.4. The maximum atomic E-state index is 12.7. The van der Waals surface area contributed by atoms with Crippen LogP contribution in [0.25, 0.3) is 0 Å². The van der Waals surface area contributed by atoms with Crippen molar-refractivity contribution in [2.75, 3.05) is 25.0 Å². The number of halogens is 1. The van der Waals surface area contributed by atoms with Crippen LogP contribution in [0.5, 0.6) is 0 Å². The number of carbonyl (C=O) groups excluding carboxylic acids is 2. The van der Waals surface area contributed by atoms with Gasteiger partial charge in [-0.15, -0.1) is 12.4 Å².